The number of aliphatic hydroxyl groups excluding tert-OH is 2. The Morgan fingerprint density at radius 3 is 2.44 bits per heavy atom. The van der Waals surface area contributed by atoms with Crippen LogP contribution in [0.25, 0.3) is 0 Å². The molecular formula is C46H73N3O13. The number of hydrogen-bond donors (Lipinski definition) is 4. The maximum atomic E-state index is 13.5. The molecular weight excluding hydrogens is 803 g/mol. The molecule has 1 aromatic heterocycles. The fourth-order valence-electron chi connectivity index (χ4n) is 8.63. The van der Waals surface area contributed by atoms with Gasteiger partial charge in [-0.3, -0.25) is 19.4 Å². The topological polar surface area (TPSA) is 205 Å². The molecule has 350 valence electrons. The van der Waals surface area contributed by atoms with E-state index in [1.54, 1.807) is 71.2 Å². The van der Waals surface area contributed by atoms with Gasteiger partial charge in [-0.1, -0.05) is 45.1 Å². The standard InChI is InChI=1S/C46H73N3O13/c1-27(2)21-36(52)60-44-31(6)58-38(24-46(44,7)55)61-41-30(5)59-45(40(54)39(41)49(8)9)62-42-33(18-20-48-26-32-16-14-19-47-25-32)22-28(3)34(50)17-13-11-12-15-29(4)57-37(53)23-35(51)43(42)56-10/h11-14,16-17,19,25,27-31,33,35,38-45,48,51,54-55H,15,18,20-24,26H2,1-10H3/b12-11-,17-13-/t28-,29-,30-,31+,33+,35-,38+,39-,40-,41-,42+,43+,44+,45+,46-/m1/s1. The van der Waals surface area contributed by atoms with E-state index >= 15 is 0 Å². The van der Waals surface area contributed by atoms with Crippen LogP contribution in [0, 0.1) is 17.8 Å². The smallest absolute Gasteiger partial charge is 0.308 e. The minimum Gasteiger partial charge on any atom is -0.462 e. The van der Waals surface area contributed by atoms with Crippen molar-refractivity contribution in [3.8, 4) is 0 Å². The van der Waals surface area contributed by atoms with Crippen molar-refractivity contribution in [2.24, 2.45) is 17.8 Å². The predicted octanol–water partition coefficient (Wildman–Crippen LogP) is 3.64. The van der Waals surface area contributed by atoms with Crippen LogP contribution in [-0.4, -0.2) is 150 Å². The minimum atomic E-state index is -1.48. The molecule has 4 N–H and O–H groups in total. The second kappa shape index (κ2) is 24.2. The summed E-state index contributed by atoms with van der Waals surface area (Å²) in [6, 6.07) is 3.09. The molecule has 3 aliphatic rings. The van der Waals surface area contributed by atoms with Gasteiger partial charge in [0, 0.05) is 51.2 Å². The van der Waals surface area contributed by atoms with Gasteiger partial charge >= 0.3 is 11.9 Å². The van der Waals surface area contributed by atoms with Crippen molar-refractivity contribution in [3.63, 3.8) is 0 Å². The number of hydrogen-bond acceptors (Lipinski definition) is 16. The molecule has 2 saturated heterocycles. The highest BCUT2D eigenvalue weighted by atomic mass is 16.7. The number of nitrogens with zero attached hydrogens (tertiary/aromatic N) is 2. The first-order valence-corrected chi connectivity index (χ1v) is 22.1. The van der Waals surface area contributed by atoms with E-state index in [9.17, 15) is 29.7 Å². The summed E-state index contributed by atoms with van der Waals surface area (Å²) in [5, 5.41) is 38.9. The van der Waals surface area contributed by atoms with Gasteiger partial charge in [0.15, 0.2) is 24.5 Å². The lowest BCUT2D eigenvalue weighted by Gasteiger charge is -2.50. The summed E-state index contributed by atoms with van der Waals surface area (Å²) < 4.78 is 43.3. The monoisotopic (exact) mass is 876 g/mol. The summed E-state index contributed by atoms with van der Waals surface area (Å²) in [5.41, 5.74) is -0.498. The van der Waals surface area contributed by atoms with Crippen LogP contribution in [-0.2, 0) is 54.1 Å². The van der Waals surface area contributed by atoms with Crippen LogP contribution in [0.1, 0.15) is 92.6 Å². The van der Waals surface area contributed by atoms with E-state index < -0.39 is 109 Å². The minimum absolute atomic E-state index is 0.0219. The molecule has 15 atom stereocenters. The lowest BCUT2D eigenvalue weighted by atomic mass is 9.82. The number of ether oxygens (including phenoxy) is 7. The number of aliphatic hydroxyl groups is 3. The third kappa shape index (κ3) is 15.0. The number of esters is 2. The van der Waals surface area contributed by atoms with E-state index in [1.807, 2.05) is 39.0 Å². The van der Waals surface area contributed by atoms with Gasteiger partial charge in [0.2, 0.25) is 0 Å². The van der Waals surface area contributed by atoms with Crippen molar-refractivity contribution < 1.29 is 62.9 Å². The summed E-state index contributed by atoms with van der Waals surface area (Å²) in [5.74, 6) is -2.01. The summed E-state index contributed by atoms with van der Waals surface area (Å²) in [7, 11) is 4.99. The molecule has 4 rings (SSSR count). The van der Waals surface area contributed by atoms with Gasteiger partial charge in [0.25, 0.3) is 0 Å². The first kappa shape index (κ1) is 51.5. The number of nitrogens with one attached hydrogen (secondary N) is 1. The molecule has 0 radical (unpaired) electrons. The number of carbonyl (C=O) groups is 3. The van der Waals surface area contributed by atoms with Crippen LogP contribution in [0.3, 0.4) is 0 Å². The molecule has 1 aromatic rings. The predicted molar refractivity (Wildman–Crippen MR) is 229 cm³/mol. The summed E-state index contributed by atoms with van der Waals surface area (Å²) >= 11 is 0. The van der Waals surface area contributed by atoms with E-state index in [-0.39, 0.29) is 24.5 Å². The van der Waals surface area contributed by atoms with Crippen molar-refractivity contribution in [3.05, 3.63) is 54.4 Å². The third-order valence-corrected chi connectivity index (χ3v) is 11.8. The number of pyridine rings is 1. The van der Waals surface area contributed by atoms with E-state index in [0.29, 0.717) is 32.4 Å². The molecule has 16 heteroatoms. The lowest BCUT2D eigenvalue weighted by molar-refractivity contribution is -0.344. The number of ketones is 1. The number of cyclic esters (lactones) is 1. The first-order valence-electron chi connectivity index (χ1n) is 22.1. The molecule has 16 nitrogen and oxygen atoms in total. The summed E-state index contributed by atoms with van der Waals surface area (Å²) in [4.78, 5) is 45.2. The van der Waals surface area contributed by atoms with Gasteiger partial charge < -0.3 is 58.7 Å². The fraction of sp³-hybridized carbons (Fsp3) is 0.739. The molecule has 3 aliphatic heterocycles. The van der Waals surface area contributed by atoms with Gasteiger partial charge in [-0.2, -0.15) is 0 Å². The second-order valence-corrected chi connectivity index (χ2v) is 18.1. The molecule has 2 fully saturated rings. The highest BCUT2D eigenvalue weighted by Crippen LogP contribution is 2.37. The Balaban J connectivity index is 1.63. The number of aromatic nitrogens is 1. The molecule has 0 saturated carbocycles. The Morgan fingerprint density at radius 1 is 1.05 bits per heavy atom. The lowest BCUT2D eigenvalue weighted by Crippen LogP contribution is -2.66. The normalized spacial score (nSPS) is 37.8. The van der Waals surface area contributed by atoms with Crippen LogP contribution in [0.2, 0.25) is 0 Å². The third-order valence-electron chi connectivity index (χ3n) is 11.8. The number of likely N-dealkylation sites (N-methyl/N-ethyl adjacent to an activating group) is 1. The Bertz CT molecular complexity index is 1610. The van der Waals surface area contributed by atoms with Gasteiger partial charge in [-0.25, -0.2) is 0 Å². The van der Waals surface area contributed by atoms with Gasteiger partial charge in [0.1, 0.15) is 30.0 Å². The number of rotatable bonds is 14. The Hall–Kier alpha value is -3.16. The van der Waals surface area contributed by atoms with Gasteiger partial charge in [0.05, 0.1) is 36.9 Å². The van der Waals surface area contributed by atoms with Crippen LogP contribution in [0.15, 0.2) is 48.8 Å². The highest BCUT2D eigenvalue weighted by Gasteiger charge is 2.52. The molecule has 4 heterocycles. The zero-order valence-electron chi connectivity index (χ0n) is 38.3. The van der Waals surface area contributed by atoms with E-state index in [4.69, 9.17) is 33.2 Å². The average Bonchev–Trinajstić information content (AvgIpc) is 3.18. The number of allylic oxidation sites excluding steroid dienone is 3. The van der Waals surface area contributed by atoms with Crippen molar-refractivity contribution in [1.82, 2.24) is 15.2 Å². The molecule has 0 amide bonds. The molecule has 0 aromatic carbocycles. The Morgan fingerprint density at radius 2 is 1.79 bits per heavy atom. The summed E-state index contributed by atoms with van der Waals surface area (Å²) in [6.07, 6.45) is 0.482. The van der Waals surface area contributed by atoms with Crippen molar-refractivity contribution in [1.29, 1.82) is 0 Å². The average molecular weight is 876 g/mol. The second-order valence-electron chi connectivity index (χ2n) is 18.1. The molecule has 0 aliphatic carbocycles. The molecule has 62 heavy (non-hydrogen) atoms. The maximum absolute atomic E-state index is 13.5. The SMILES string of the molecule is CO[C@@H]1[C@@H](O[C@@H]2O[C@H](C)[C@@H](O[C@H]3C[C@@](C)(O)[C@@H](OC(=O)CC(C)C)[C@H](C)O3)[C@H](N(C)C)[C@H]2O)[C@@H](CCNCc2cccnc2)C[C@@H](C)C(=O)/C=C\C=C/C[C@@H](C)OC(=O)C[C@H]1O. The Kier molecular flexibility index (Phi) is 20.1. The van der Waals surface area contributed by atoms with Gasteiger partial charge in [-0.05, 0) is 90.7 Å². The maximum Gasteiger partial charge on any atom is 0.308 e. The van der Waals surface area contributed by atoms with E-state index in [1.165, 1.54) is 13.2 Å². The fourth-order valence-corrected chi connectivity index (χ4v) is 8.63. The van der Waals surface area contributed by atoms with Crippen LogP contribution in [0.4, 0.5) is 0 Å². The molecule has 0 bridgehead atoms. The number of methoxy groups -OCH3 is 1. The molecule has 0 unspecified atom stereocenters. The van der Waals surface area contributed by atoms with Crippen molar-refractivity contribution in [2.75, 3.05) is 27.7 Å². The van der Waals surface area contributed by atoms with Gasteiger partial charge in [-0.15, -0.1) is 0 Å². The largest absolute Gasteiger partial charge is 0.462 e. The van der Waals surface area contributed by atoms with Crippen LogP contribution >= 0.6 is 0 Å². The van der Waals surface area contributed by atoms with Crippen molar-refractivity contribution in [2.45, 2.75) is 173 Å². The highest BCUT2D eigenvalue weighted by molar-refractivity contribution is 5.91. The van der Waals surface area contributed by atoms with Crippen LogP contribution < -0.4 is 5.32 Å². The quantitative estimate of drug-likeness (QED) is 0.156. The van der Waals surface area contributed by atoms with E-state index in [0.717, 1.165) is 5.56 Å². The van der Waals surface area contributed by atoms with E-state index in [2.05, 4.69) is 10.3 Å². The number of carbonyl (C=O) groups excluding carboxylic acids is 3. The first-order chi connectivity index (χ1) is 29.3. The van der Waals surface area contributed by atoms with Crippen molar-refractivity contribution >= 4 is 17.7 Å². The Labute approximate surface area is 367 Å². The van der Waals surface area contributed by atoms with Crippen LogP contribution in [0.5, 0.6) is 0 Å². The molecule has 0 spiro atoms. The summed E-state index contributed by atoms with van der Waals surface area (Å²) in [6.45, 7) is 13.5. The zero-order chi connectivity index (χ0) is 45.7. The zero-order valence-corrected chi connectivity index (χ0v) is 38.3.